The normalized spacial score (nSPS) is 4.70. The Hall–Kier alpha value is -1.66. The second-order valence-corrected chi connectivity index (χ2v) is 1.38. The average molecular weight is 144 g/mol. The lowest BCUT2D eigenvalue weighted by Gasteiger charge is -1.51. The molecule has 0 aromatic heterocycles. The molecule has 0 atom stereocenters. The molecule has 10 heavy (non-hydrogen) atoms. The molecule has 0 saturated heterocycles. The summed E-state index contributed by atoms with van der Waals surface area (Å²) in [5.74, 6) is 13.7. The van der Waals surface area contributed by atoms with Gasteiger partial charge in [-0.2, -0.15) is 0 Å². The fourth-order valence-electron chi connectivity index (χ4n) is 0.181. The highest BCUT2D eigenvalue weighted by atomic mass is 31.1. The first-order chi connectivity index (χ1) is 4.91. The molecule has 0 aliphatic rings. The molecule has 0 heterocycles. The quantitative estimate of drug-likeness (QED) is 0.364. The predicted octanol–water partition coefficient (Wildman–Crippen LogP) is 0.879. The Morgan fingerprint density at radius 3 is 2.20 bits per heavy atom. The van der Waals surface area contributed by atoms with Crippen LogP contribution in [0.4, 0.5) is 0 Å². The molecule has 2 heteroatoms. The fourth-order valence-corrected chi connectivity index (χ4v) is 0.282. The molecule has 0 rings (SSSR count). The van der Waals surface area contributed by atoms with Crippen molar-refractivity contribution >= 4 is 8.46 Å². The van der Waals surface area contributed by atoms with Crippen LogP contribution in [0.5, 0.6) is 0 Å². The van der Waals surface area contributed by atoms with Gasteiger partial charge in [-0.15, -0.1) is 6.42 Å². The van der Waals surface area contributed by atoms with E-state index in [0.717, 1.165) is 0 Å². The number of hydrogen-bond donors (Lipinski definition) is 0. The Morgan fingerprint density at radius 2 is 1.60 bits per heavy atom. The highest BCUT2D eigenvalue weighted by molar-refractivity contribution is 7.30. The first kappa shape index (κ1) is 8.34. The summed E-state index contributed by atoms with van der Waals surface area (Å²) in [6.07, 6.45) is 4.79. The third-order valence-electron chi connectivity index (χ3n) is 0.424. The summed E-state index contributed by atoms with van der Waals surface area (Å²) in [5.41, 5.74) is 2.20. The minimum Gasteiger partial charge on any atom is -0.260 e. The van der Waals surface area contributed by atoms with Crippen LogP contribution >= 0.6 is 8.46 Å². The van der Waals surface area contributed by atoms with Gasteiger partial charge in [-0.3, -0.25) is 4.57 Å². The van der Waals surface area contributed by atoms with Gasteiger partial charge in [-0.05, 0) is 35.5 Å². The third kappa shape index (κ3) is 6.34. The molecule has 0 fully saturated rings. The average Bonchev–Trinajstić information content (AvgIpc) is 1.97. The fraction of sp³-hybridized carbons (Fsp3) is 0. The van der Waals surface area contributed by atoms with Crippen molar-refractivity contribution in [3.8, 4) is 47.6 Å². The predicted molar refractivity (Wildman–Crippen MR) is 39.8 cm³/mol. The topological polar surface area (TPSA) is 17.1 Å². The van der Waals surface area contributed by atoms with E-state index in [1.807, 2.05) is 0 Å². The number of hydrogen-bond acceptors (Lipinski definition) is 1. The maximum absolute atomic E-state index is 9.68. The molecule has 0 radical (unpaired) electrons. The van der Waals surface area contributed by atoms with Gasteiger partial charge < -0.3 is 0 Å². The van der Waals surface area contributed by atoms with Crippen molar-refractivity contribution in [2.24, 2.45) is 0 Å². The van der Waals surface area contributed by atoms with Crippen LogP contribution in [0, 0.1) is 47.6 Å². The zero-order valence-electron chi connectivity index (χ0n) is 4.93. The van der Waals surface area contributed by atoms with Crippen molar-refractivity contribution in [1.82, 2.24) is 0 Å². The smallest absolute Gasteiger partial charge is 0.247 e. The highest BCUT2D eigenvalue weighted by Crippen LogP contribution is 1.79. The number of terminal acetylenes is 1. The summed E-state index contributed by atoms with van der Waals surface area (Å²) in [4.78, 5) is 0. The van der Waals surface area contributed by atoms with Gasteiger partial charge in [0.1, 0.15) is 0 Å². The SMILES string of the molecule is C#CC#CC#CC#CP=O. The van der Waals surface area contributed by atoms with Crippen molar-refractivity contribution in [2.75, 3.05) is 0 Å². The summed E-state index contributed by atoms with van der Waals surface area (Å²) in [6.45, 7) is 0. The Kier molecular flexibility index (Phi) is 6.12. The van der Waals surface area contributed by atoms with Crippen LogP contribution < -0.4 is 0 Å². The minimum absolute atomic E-state index is 0.234. The van der Waals surface area contributed by atoms with Crippen molar-refractivity contribution in [2.45, 2.75) is 0 Å². The van der Waals surface area contributed by atoms with Crippen LogP contribution in [0.3, 0.4) is 0 Å². The molecule has 0 aromatic carbocycles. The van der Waals surface area contributed by atoms with Gasteiger partial charge >= 0.3 is 0 Å². The van der Waals surface area contributed by atoms with E-state index in [-0.39, 0.29) is 8.46 Å². The molecule has 0 aliphatic heterocycles. The van der Waals surface area contributed by atoms with E-state index >= 15 is 0 Å². The van der Waals surface area contributed by atoms with Crippen LogP contribution in [0.25, 0.3) is 0 Å². The van der Waals surface area contributed by atoms with E-state index in [1.54, 1.807) is 0 Å². The standard InChI is InChI=1S/C8HOP/c1-2-3-4-5-6-7-8-10-9/h1H. The van der Waals surface area contributed by atoms with Crippen molar-refractivity contribution < 1.29 is 4.57 Å². The largest absolute Gasteiger partial charge is 0.260 e. The second kappa shape index (κ2) is 7.34. The van der Waals surface area contributed by atoms with E-state index in [9.17, 15) is 4.57 Å². The number of rotatable bonds is 0. The third-order valence-corrected chi connectivity index (χ3v) is 0.627. The summed E-state index contributed by atoms with van der Waals surface area (Å²) < 4.78 is 9.68. The van der Waals surface area contributed by atoms with E-state index in [4.69, 9.17) is 6.42 Å². The summed E-state index contributed by atoms with van der Waals surface area (Å²) in [7, 11) is -0.234. The molecule has 44 valence electrons. The molecule has 0 saturated carbocycles. The monoisotopic (exact) mass is 144 g/mol. The van der Waals surface area contributed by atoms with E-state index in [0.29, 0.717) is 0 Å². The molecule has 0 aliphatic carbocycles. The van der Waals surface area contributed by atoms with Gasteiger partial charge in [0, 0.05) is 5.66 Å². The maximum Gasteiger partial charge on any atom is 0.247 e. The van der Waals surface area contributed by atoms with Gasteiger partial charge in [0.25, 0.3) is 0 Å². The van der Waals surface area contributed by atoms with Gasteiger partial charge in [0.15, 0.2) is 0 Å². The van der Waals surface area contributed by atoms with Gasteiger partial charge in [-0.25, -0.2) is 0 Å². The molecule has 0 unspecified atom stereocenters. The summed E-state index contributed by atoms with van der Waals surface area (Å²) in [5, 5.41) is 0. The van der Waals surface area contributed by atoms with Crippen molar-refractivity contribution in [3.63, 3.8) is 0 Å². The zero-order valence-corrected chi connectivity index (χ0v) is 5.83. The lowest BCUT2D eigenvalue weighted by Crippen LogP contribution is -1.49. The highest BCUT2D eigenvalue weighted by Gasteiger charge is 1.55. The Bertz CT molecular complexity index is 327. The molecule has 0 spiro atoms. The first-order valence-electron chi connectivity index (χ1n) is 2.19. The summed E-state index contributed by atoms with van der Waals surface area (Å²) >= 11 is 0. The molecule has 0 aromatic rings. The van der Waals surface area contributed by atoms with E-state index in [1.165, 1.54) is 0 Å². The van der Waals surface area contributed by atoms with Gasteiger partial charge in [0.2, 0.25) is 8.46 Å². The van der Waals surface area contributed by atoms with Gasteiger partial charge in [0.05, 0.1) is 0 Å². The molecule has 1 nitrogen and oxygen atoms in total. The molecular weight excluding hydrogens is 143 g/mol. The van der Waals surface area contributed by atoms with Crippen LogP contribution in [0.1, 0.15) is 0 Å². The van der Waals surface area contributed by atoms with Gasteiger partial charge in [-0.1, -0.05) is 0 Å². The van der Waals surface area contributed by atoms with Crippen LogP contribution in [0.15, 0.2) is 0 Å². The van der Waals surface area contributed by atoms with Crippen molar-refractivity contribution in [3.05, 3.63) is 0 Å². The Labute approximate surface area is 61.4 Å². The Morgan fingerprint density at radius 1 is 1.00 bits per heavy atom. The molecule has 0 amide bonds. The molecule has 0 bridgehead atoms. The Balaban J connectivity index is 3.97. The zero-order chi connectivity index (χ0) is 7.66. The molecule has 0 N–H and O–H groups in total. The van der Waals surface area contributed by atoms with E-state index in [2.05, 4.69) is 41.2 Å². The van der Waals surface area contributed by atoms with Crippen molar-refractivity contribution in [1.29, 1.82) is 0 Å². The summed E-state index contributed by atoms with van der Waals surface area (Å²) in [6, 6.07) is 0. The maximum atomic E-state index is 9.68. The molecular formula is C8HOP. The van der Waals surface area contributed by atoms with Crippen LogP contribution in [-0.2, 0) is 4.57 Å². The first-order valence-corrected chi connectivity index (χ1v) is 3.01. The van der Waals surface area contributed by atoms with Crippen LogP contribution in [-0.4, -0.2) is 0 Å². The second-order valence-electron chi connectivity index (χ2n) is 0.972. The van der Waals surface area contributed by atoms with Crippen LogP contribution in [0.2, 0.25) is 0 Å². The lowest BCUT2D eigenvalue weighted by molar-refractivity contribution is 0.603. The minimum atomic E-state index is -0.234. The van der Waals surface area contributed by atoms with E-state index < -0.39 is 0 Å². The lowest BCUT2D eigenvalue weighted by atomic mass is 10.5.